The number of aromatic nitrogens is 1. The van der Waals surface area contributed by atoms with Gasteiger partial charge in [0.25, 0.3) is 0 Å². The average molecular weight is 334 g/mol. The van der Waals surface area contributed by atoms with Crippen LogP contribution in [0.15, 0.2) is 34.5 Å². The molecule has 1 aliphatic heterocycles. The molecular formula is C16H18N2O2S2. The molecule has 1 N–H and O–H groups in total. The second-order valence-corrected chi connectivity index (χ2v) is 6.88. The number of anilines is 1. The number of carbonyl (C=O) groups is 1. The Bertz CT molecular complexity index is 634. The van der Waals surface area contributed by atoms with Crippen LogP contribution in [-0.2, 0) is 9.53 Å². The van der Waals surface area contributed by atoms with Crippen molar-refractivity contribution in [2.75, 3.05) is 24.8 Å². The van der Waals surface area contributed by atoms with E-state index in [1.54, 1.807) is 11.8 Å². The van der Waals surface area contributed by atoms with Gasteiger partial charge in [0.2, 0.25) is 5.91 Å². The van der Waals surface area contributed by atoms with E-state index in [1.165, 1.54) is 16.2 Å². The molecule has 1 amide bonds. The Morgan fingerprint density at radius 2 is 2.05 bits per heavy atom. The van der Waals surface area contributed by atoms with Gasteiger partial charge in [-0.15, -0.1) is 23.1 Å². The molecule has 0 radical (unpaired) electrons. The quantitative estimate of drug-likeness (QED) is 0.862. The number of rotatable bonds is 4. The van der Waals surface area contributed by atoms with Crippen molar-refractivity contribution in [2.45, 2.75) is 17.7 Å². The molecule has 1 fully saturated rings. The van der Waals surface area contributed by atoms with Crippen LogP contribution in [0.1, 0.15) is 12.8 Å². The fourth-order valence-electron chi connectivity index (χ4n) is 2.39. The molecule has 2 aromatic rings. The third-order valence-corrected chi connectivity index (χ3v) is 5.21. The number of hydrogen-bond acceptors (Lipinski definition) is 5. The van der Waals surface area contributed by atoms with E-state index in [1.807, 2.05) is 5.38 Å². The van der Waals surface area contributed by atoms with Gasteiger partial charge in [0.15, 0.2) is 5.13 Å². The second-order valence-electron chi connectivity index (χ2n) is 5.14. The summed E-state index contributed by atoms with van der Waals surface area (Å²) in [5.41, 5.74) is 1.97. The Balaban J connectivity index is 1.66. The van der Waals surface area contributed by atoms with Crippen LogP contribution in [0.25, 0.3) is 11.3 Å². The van der Waals surface area contributed by atoms with Crippen molar-refractivity contribution in [1.82, 2.24) is 4.98 Å². The highest BCUT2D eigenvalue weighted by Gasteiger charge is 2.22. The van der Waals surface area contributed by atoms with Crippen LogP contribution in [0.4, 0.5) is 5.13 Å². The first-order valence-corrected chi connectivity index (χ1v) is 9.35. The Morgan fingerprint density at radius 1 is 1.32 bits per heavy atom. The van der Waals surface area contributed by atoms with Crippen molar-refractivity contribution in [1.29, 1.82) is 0 Å². The van der Waals surface area contributed by atoms with E-state index in [4.69, 9.17) is 4.74 Å². The zero-order valence-electron chi connectivity index (χ0n) is 12.4. The molecule has 0 saturated carbocycles. The van der Waals surface area contributed by atoms with E-state index in [2.05, 4.69) is 40.8 Å². The summed E-state index contributed by atoms with van der Waals surface area (Å²) in [5, 5.41) is 5.58. The van der Waals surface area contributed by atoms with Gasteiger partial charge < -0.3 is 10.1 Å². The van der Waals surface area contributed by atoms with E-state index >= 15 is 0 Å². The molecule has 1 saturated heterocycles. The molecule has 22 heavy (non-hydrogen) atoms. The lowest BCUT2D eigenvalue weighted by atomic mass is 10.00. The van der Waals surface area contributed by atoms with Crippen LogP contribution in [-0.4, -0.2) is 30.4 Å². The fourth-order valence-corrected chi connectivity index (χ4v) is 3.52. The number of nitrogens with one attached hydrogen (secondary N) is 1. The van der Waals surface area contributed by atoms with Gasteiger partial charge >= 0.3 is 0 Å². The largest absolute Gasteiger partial charge is 0.381 e. The number of nitrogens with zero attached hydrogens (tertiary/aromatic N) is 1. The highest BCUT2D eigenvalue weighted by atomic mass is 32.2. The van der Waals surface area contributed by atoms with Crippen LogP contribution in [0.2, 0.25) is 0 Å². The standard InChI is InChI=1S/C16H18N2O2S2/c1-21-13-4-2-11(3-5-13)14-10-22-16(17-14)18-15(19)12-6-8-20-9-7-12/h2-5,10,12H,6-9H2,1H3,(H,17,18,19). The van der Waals surface area contributed by atoms with E-state index < -0.39 is 0 Å². The molecular weight excluding hydrogens is 316 g/mol. The predicted molar refractivity (Wildman–Crippen MR) is 91.5 cm³/mol. The summed E-state index contributed by atoms with van der Waals surface area (Å²) in [6.07, 6.45) is 3.64. The van der Waals surface area contributed by atoms with Crippen molar-refractivity contribution in [2.24, 2.45) is 5.92 Å². The summed E-state index contributed by atoms with van der Waals surface area (Å²) >= 11 is 3.18. The number of thioether (sulfide) groups is 1. The van der Waals surface area contributed by atoms with E-state index in [0.717, 1.165) is 24.1 Å². The van der Waals surface area contributed by atoms with Crippen molar-refractivity contribution < 1.29 is 9.53 Å². The van der Waals surface area contributed by atoms with Gasteiger partial charge in [-0.25, -0.2) is 4.98 Å². The number of amides is 1. The Hall–Kier alpha value is -1.37. The molecule has 1 aromatic heterocycles. The highest BCUT2D eigenvalue weighted by molar-refractivity contribution is 7.98. The van der Waals surface area contributed by atoms with Gasteiger partial charge in [0.1, 0.15) is 0 Å². The van der Waals surface area contributed by atoms with Gasteiger partial charge in [-0.1, -0.05) is 12.1 Å². The molecule has 4 nitrogen and oxygen atoms in total. The molecule has 0 spiro atoms. The van der Waals surface area contributed by atoms with Crippen LogP contribution in [0, 0.1) is 5.92 Å². The molecule has 2 heterocycles. The van der Waals surface area contributed by atoms with Gasteiger partial charge in [0.05, 0.1) is 5.69 Å². The van der Waals surface area contributed by atoms with Gasteiger partial charge in [-0.2, -0.15) is 0 Å². The molecule has 6 heteroatoms. The van der Waals surface area contributed by atoms with Gasteiger partial charge in [-0.05, 0) is 31.2 Å². The number of carbonyl (C=O) groups excluding carboxylic acids is 1. The topological polar surface area (TPSA) is 51.2 Å². The van der Waals surface area contributed by atoms with E-state index in [-0.39, 0.29) is 11.8 Å². The van der Waals surface area contributed by atoms with Gasteiger partial charge in [-0.3, -0.25) is 4.79 Å². The zero-order chi connectivity index (χ0) is 15.4. The first-order chi connectivity index (χ1) is 10.8. The minimum Gasteiger partial charge on any atom is -0.381 e. The highest BCUT2D eigenvalue weighted by Crippen LogP contribution is 2.27. The fraction of sp³-hybridized carbons (Fsp3) is 0.375. The number of benzene rings is 1. The SMILES string of the molecule is CSc1ccc(-c2csc(NC(=O)C3CCOCC3)n2)cc1. The normalized spacial score (nSPS) is 15.7. The maximum atomic E-state index is 12.2. The zero-order valence-corrected chi connectivity index (χ0v) is 14.0. The lowest BCUT2D eigenvalue weighted by Crippen LogP contribution is -2.28. The second kappa shape index (κ2) is 7.26. The third kappa shape index (κ3) is 3.69. The minimum absolute atomic E-state index is 0.0435. The summed E-state index contributed by atoms with van der Waals surface area (Å²) in [6, 6.07) is 8.29. The lowest BCUT2D eigenvalue weighted by molar-refractivity contribution is -0.122. The number of ether oxygens (including phenoxy) is 1. The third-order valence-electron chi connectivity index (χ3n) is 3.71. The first-order valence-electron chi connectivity index (χ1n) is 7.25. The van der Waals surface area contributed by atoms with Crippen molar-refractivity contribution in [3.8, 4) is 11.3 Å². The van der Waals surface area contributed by atoms with Crippen LogP contribution in [0.3, 0.4) is 0 Å². The minimum atomic E-state index is 0.0435. The van der Waals surface area contributed by atoms with Crippen molar-refractivity contribution in [3.63, 3.8) is 0 Å². The number of thiazole rings is 1. The molecule has 1 aliphatic rings. The van der Waals surface area contributed by atoms with Gasteiger partial charge in [0, 0.05) is 35.0 Å². The molecule has 3 rings (SSSR count). The maximum Gasteiger partial charge on any atom is 0.229 e. The lowest BCUT2D eigenvalue weighted by Gasteiger charge is -2.20. The smallest absolute Gasteiger partial charge is 0.229 e. The molecule has 116 valence electrons. The van der Waals surface area contributed by atoms with Crippen LogP contribution in [0.5, 0.6) is 0 Å². The van der Waals surface area contributed by atoms with Crippen molar-refractivity contribution in [3.05, 3.63) is 29.6 Å². The summed E-state index contributed by atoms with van der Waals surface area (Å²) in [4.78, 5) is 17.9. The molecule has 1 aromatic carbocycles. The van der Waals surface area contributed by atoms with Crippen molar-refractivity contribution >= 4 is 34.1 Å². The molecule has 0 bridgehead atoms. The summed E-state index contributed by atoms with van der Waals surface area (Å²) in [7, 11) is 0. The molecule has 0 atom stereocenters. The Morgan fingerprint density at radius 3 is 2.73 bits per heavy atom. The predicted octanol–water partition coefficient (Wildman–Crippen LogP) is 3.90. The van der Waals surface area contributed by atoms with Crippen LogP contribution < -0.4 is 5.32 Å². The Kier molecular flexibility index (Phi) is 5.12. The van der Waals surface area contributed by atoms with Crippen LogP contribution >= 0.6 is 23.1 Å². The maximum absolute atomic E-state index is 12.2. The molecule has 0 unspecified atom stereocenters. The Labute approximate surface area is 138 Å². The number of hydrogen-bond donors (Lipinski definition) is 1. The monoisotopic (exact) mass is 334 g/mol. The molecule has 0 aliphatic carbocycles. The van der Waals surface area contributed by atoms with E-state index in [9.17, 15) is 4.79 Å². The average Bonchev–Trinajstić information content (AvgIpc) is 3.04. The summed E-state index contributed by atoms with van der Waals surface area (Å²) < 4.78 is 5.29. The first kappa shape index (κ1) is 15.5. The summed E-state index contributed by atoms with van der Waals surface area (Å²) in [6.45, 7) is 1.34. The summed E-state index contributed by atoms with van der Waals surface area (Å²) in [5.74, 6) is 0.101. The van der Waals surface area contributed by atoms with E-state index in [0.29, 0.717) is 18.3 Å².